The largest absolute Gasteiger partial charge is 0.291 e. The molecule has 0 atom stereocenters. The smallest absolute Gasteiger partial charge is 0.221 e. The summed E-state index contributed by atoms with van der Waals surface area (Å²) in [5.74, 6) is 0. The Morgan fingerprint density at radius 2 is 2.08 bits per heavy atom. The third kappa shape index (κ3) is 3.08. The van der Waals surface area contributed by atoms with E-state index in [9.17, 15) is 17.2 Å². The van der Waals surface area contributed by atoms with Gasteiger partial charge in [-0.2, -0.15) is 5.10 Å². The molecule has 138 valence electrons. The Balaban J connectivity index is 1.82. The van der Waals surface area contributed by atoms with Crippen molar-refractivity contribution in [3.8, 4) is 10.6 Å². The zero-order chi connectivity index (χ0) is 18.7. The van der Waals surface area contributed by atoms with Crippen molar-refractivity contribution in [1.82, 2.24) is 24.5 Å². The van der Waals surface area contributed by atoms with E-state index in [2.05, 4.69) is 20.0 Å². The normalized spacial score (nSPS) is 16.5. The lowest BCUT2D eigenvalue weighted by Crippen LogP contribution is -2.34. The Kier molecular flexibility index (Phi) is 4.03. The molecule has 0 unspecified atom stereocenters. The third-order valence-corrected chi connectivity index (χ3v) is 6.95. The lowest BCUT2D eigenvalue weighted by molar-refractivity contribution is 0.150. The summed E-state index contributed by atoms with van der Waals surface area (Å²) in [4.78, 5) is -0.0246. The summed E-state index contributed by atoms with van der Waals surface area (Å²) < 4.78 is 54.7. The van der Waals surface area contributed by atoms with E-state index in [1.807, 2.05) is 6.92 Å². The van der Waals surface area contributed by atoms with Crippen molar-refractivity contribution in [2.75, 3.05) is 0 Å². The van der Waals surface area contributed by atoms with Crippen LogP contribution >= 0.6 is 22.9 Å². The van der Waals surface area contributed by atoms with Crippen molar-refractivity contribution in [3.63, 3.8) is 0 Å². The summed E-state index contributed by atoms with van der Waals surface area (Å²) in [6, 6.07) is 2.69. The van der Waals surface area contributed by atoms with Crippen molar-refractivity contribution in [2.45, 2.75) is 36.6 Å². The van der Waals surface area contributed by atoms with Crippen LogP contribution in [0.4, 0.5) is 8.78 Å². The molecule has 26 heavy (non-hydrogen) atoms. The number of alkyl halides is 2. The maximum atomic E-state index is 12.8. The topological polar surface area (TPSA) is 89.2 Å². The van der Waals surface area contributed by atoms with Crippen molar-refractivity contribution < 1.29 is 17.2 Å². The van der Waals surface area contributed by atoms with E-state index in [1.165, 1.54) is 22.8 Å². The minimum atomic E-state index is -3.78. The lowest BCUT2D eigenvalue weighted by Gasteiger charge is -2.13. The van der Waals surface area contributed by atoms with Gasteiger partial charge in [-0.05, 0) is 31.9 Å². The van der Waals surface area contributed by atoms with Gasteiger partial charge in [0.15, 0.2) is 10.0 Å². The zero-order valence-corrected chi connectivity index (χ0v) is 15.7. The Morgan fingerprint density at radius 3 is 2.69 bits per heavy atom. The number of sulfonamides is 1. The van der Waals surface area contributed by atoms with E-state index < -0.39 is 27.0 Å². The van der Waals surface area contributed by atoms with E-state index in [0.29, 0.717) is 11.1 Å². The number of halogens is 3. The van der Waals surface area contributed by atoms with E-state index in [-0.39, 0.29) is 15.1 Å². The van der Waals surface area contributed by atoms with Crippen LogP contribution in [-0.4, -0.2) is 33.8 Å². The average molecular weight is 420 g/mol. The van der Waals surface area contributed by atoms with E-state index in [4.69, 9.17) is 11.6 Å². The number of pyridine rings is 1. The molecule has 0 radical (unpaired) electrons. The van der Waals surface area contributed by atoms with Crippen LogP contribution in [-0.2, 0) is 10.0 Å². The van der Waals surface area contributed by atoms with Gasteiger partial charge in [-0.1, -0.05) is 22.9 Å². The summed E-state index contributed by atoms with van der Waals surface area (Å²) in [6.45, 7) is 1.82. The first-order valence-electron chi connectivity index (χ1n) is 7.52. The lowest BCUT2D eigenvalue weighted by atomic mass is 10.3. The number of hydrogen-bond acceptors (Lipinski definition) is 6. The molecule has 0 aliphatic heterocycles. The SMILES string of the molecule is CC1(NS(=O)(=O)c2cc(Cl)n3ncc(-c4nnc(C(F)F)s4)c3c2)CC1. The Bertz CT molecular complexity index is 1110. The molecular weight excluding hydrogens is 408 g/mol. The number of aromatic nitrogens is 4. The summed E-state index contributed by atoms with van der Waals surface area (Å²) in [5.41, 5.74) is 0.285. The van der Waals surface area contributed by atoms with Crippen LogP contribution < -0.4 is 4.72 Å². The second-order valence-corrected chi connectivity index (χ2v) is 9.36. The van der Waals surface area contributed by atoms with Gasteiger partial charge in [-0.3, -0.25) is 0 Å². The van der Waals surface area contributed by atoms with Crippen LogP contribution in [0.25, 0.3) is 16.1 Å². The highest BCUT2D eigenvalue weighted by atomic mass is 35.5. The van der Waals surface area contributed by atoms with Crippen LogP contribution in [0.15, 0.2) is 23.2 Å². The van der Waals surface area contributed by atoms with Gasteiger partial charge in [0.1, 0.15) is 5.15 Å². The number of rotatable bonds is 5. The number of fused-ring (bicyclic) bond motifs is 1. The van der Waals surface area contributed by atoms with Gasteiger partial charge in [0.25, 0.3) is 6.43 Å². The number of nitrogens with one attached hydrogen (secondary N) is 1. The average Bonchev–Trinajstić information content (AvgIpc) is 3.00. The van der Waals surface area contributed by atoms with Gasteiger partial charge in [0, 0.05) is 5.54 Å². The Labute approximate surface area is 156 Å². The van der Waals surface area contributed by atoms with Gasteiger partial charge in [-0.15, -0.1) is 10.2 Å². The molecule has 0 amide bonds. The molecule has 1 aliphatic carbocycles. The molecule has 12 heteroatoms. The van der Waals surface area contributed by atoms with Gasteiger partial charge < -0.3 is 0 Å². The van der Waals surface area contributed by atoms with E-state index >= 15 is 0 Å². The predicted octanol–water partition coefficient (Wildman–Crippen LogP) is 3.27. The van der Waals surface area contributed by atoms with E-state index in [1.54, 1.807) is 0 Å². The fourth-order valence-corrected chi connectivity index (χ4v) is 4.99. The van der Waals surface area contributed by atoms with Gasteiger partial charge in [0.05, 0.1) is 22.2 Å². The number of nitrogens with zero attached hydrogens (tertiary/aromatic N) is 4. The predicted molar refractivity (Wildman–Crippen MR) is 92.0 cm³/mol. The maximum Gasteiger partial charge on any atom is 0.291 e. The second-order valence-electron chi connectivity index (χ2n) is 6.28. The highest BCUT2D eigenvalue weighted by Gasteiger charge is 2.41. The van der Waals surface area contributed by atoms with Crippen LogP contribution in [0.2, 0.25) is 5.15 Å². The van der Waals surface area contributed by atoms with Crippen LogP contribution in [0, 0.1) is 0 Å². The number of hydrogen-bond donors (Lipinski definition) is 1. The van der Waals surface area contributed by atoms with Crippen LogP contribution in [0.5, 0.6) is 0 Å². The molecule has 0 saturated heterocycles. The summed E-state index contributed by atoms with van der Waals surface area (Å²) in [7, 11) is -3.78. The molecule has 3 heterocycles. The van der Waals surface area contributed by atoms with Gasteiger partial charge in [0.2, 0.25) is 10.0 Å². The monoisotopic (exact) mass is 419 g/mol. The molecule has 4 rings (SSSR count). The van der Waals surface area contributed by atoms with Crippen LogP contribution in [0.1, 0.15) is 31.2 Å². The first kappa shape index (κ1) is 17.7. The highest BCUT2D eigenvalue weighted by molar-refractivity contribution is 7.89. The third-order valence-electron chi connectivity index (χ3n) is 4.10. The fourth-order valence-electron chi connectivity index (χ4n) is 2.45. The van der Waals surface area contributed by atoms with Crippen molar-refractivity contribution in [1.29, 1.82) is 0 Å². The molecule has 0 bridgehead atoms. The summed E-state index contributed by atoms with van der Waals surface area (Å²) >= 11 is 6.89. The molecule has 0 aromatic carbocycles. The molecule has 0 spiro atoms. The Morgan fingerprint density at radius 1 is 1.35 bits per heavy atom. The molecule has 1 N–H and O–H groups in total. The maximum absolute atomic E-state index is 12.8. The molecule has 1 fully saturated rings. The highest BCUT2D eigenvalue weighted by Crippen LogP contribution is 2.37. The standard InChI is InChI=1S/C14H12ClF2N5O2S2/c1-14(2-3-14)21-26(23,24)7-4-9-8(6-18-22(9)10(15)5-7)12-19-20-13(25-12)11(16)17/h4-6,11,21H,2-3H2,1H3. The molecule has 1 saturated carbocycles. The second kappa shape index (κ2) is 5.91. The first-order chi connectivity index (χ1) is 12.2. The summed E-state index contributed by atoms with van der Waals surface area (Å²) in [5, 5.41) is 11.1. The molecule has 1 aliphatic rings. The molecule has 7 nitrogen and oxygen atoms in total. The molecular formula is C14H12ClF2N5O2S2. The first-order valence-corrected chi connectivity index (χ1v) is 10.2. The fraction of sp³-hybridized carbons (Fsp3) is 0.357. The minimum Gasteiger partial charge on any atom is -0.221 e. The van der Waals surface area contributed by atoms with Gasteiger partial charge in [-0.25, -0.2) is 26.4 Å². The minimum absolute atomic E-state index is 0.0246. The van der Waals surface area contributed by atoms with Crippen LogP contribution in [0.3, 0.4) is 0 Å². The molecule has 3 aromatic rings. The van der Waals surface area contributed by atoms with E-state index in [0.717, 1.165) is 24.2 Å². The Hall–Kier alpha value is -1.69. The summed E-state index contributed by atoms with van der Waals surface area (Å²) in [6.07, 6.45) is 0.192. The quantitative estimate of drug-likeness (QED) is 0.641. The zero-order valence-electron chi connectivity index (χ0n) is 13.3. The van der Waals surface area contributed by atoms with Crippen molar-refractivity contribution in [3.05, 3.63) is 28.5 Å². The molecule has 3 aromatic heterocycles. The van der Waals surface area contributed by atoms with Crippen molar-refractivity contribution in [2.24, 2.45) is 0 Å². The van der Waals surface area contributed by atoms with Crippen molar-refractivity contribution >= 4 is 38.5 Å². The van der Waals surface area contributed by atoms with Gasteiger partial charge >= 0.3 is 0 Å².